The van der Waals surface area contributed by atoms with E-state index in [0.29, 0.717) is 21.5 Å². The first kappa shape index (κ1) is 28.0. The van der Waals surface area contributed by atoms with Gasteiger partial charge in [-0.2, -0.15) is 5.10 Å². The smallest absolute Gasteiger partial charge is 0.257 e. The lowest BCUT2D eigenvalue weighted by molar-refractivity contribution is 0.100. The number of benzene rings is 1. The van der Waals surface area contributed by atoms with E-state index in [9.17, 15) is 9.59 Å². The first-order valence-corrected chi connectivity index (χ1v) is 12.5. The summed E-state index contributed by atoms with van der Waals surface area (Å²) in [6, 6.07) is 7.39. The number of Topliss-reactive ketones (excluding diaryl/α,β-unsaturated/α-hetero) is 1. The van der Waals surface area contributed by atoms with Crippen molar-refractivity contribution < 1.29 is 9.59 Å². The number of aromatic nitrogens is 2. The number of anilines is 1. The van der Waals surface area contributed by atoms with E-state index in [1.54, 1.807) is 6.07 Å². The number of amides is 1. The van der Waals surface area contributed by atoms with E-state index >= 15 is 0 Å². The van der Waals surface area contributed by atoms with Crippen molar-refractivity contribution >= 4 is 33.4 Å². The maximum Gasteiger partial charge on any atom is 0.257 e. The monoisotopic (exact) mass is 506 g/mol. The number of hydrogen-bond donors (Lipinski definition) is 2. The summed E-state index contributed by atoms with van der Waals surface area (Å²) in [4.78, 5) is 26.2. The predicted molar refractivity (Wildman–Crippen MR) is 137 cm³/mol. The van der Waals surface area contributed by atoms with E-state index in [4.69, 9.17) is 0 Å². The quantitative estimate of drug-likeness (QED) is 0.429. The molecule has 0 saturated carbocycles. The van der Waals surface area contributed by atoms with Crippen LogP contribution in [0.4, 0.5) is 5.82 Å². The Morgan fingerprint density at radius 1 is 1.19 bits per heavy atom. The molecule has 1 unspecified atom stereocenters. The lowest BCUT2D eigenvalue weighted by Gasteiger charge is -2.18. The summed E-state index contributed by atoms with van der Waals surface area (Å²) < 4.78 is 0.465. The van der Waals surface area contributed by atoms with Crippen molar-refractivity contribution in [2.75, 3.05) is 25.0 Å². The number of rotatable bonds is 7. The van der Waals surface area contributed by atoms with Crippen LogP contribution >= 0.6 is 15.9 Å². The molecular formula is C25H39BrN4O2. The van der Waals surface area contributed by atoms with Crippen molar-refractivity contribution in [2.24, 2.45) is 5.92 Å². The zero-order valence-electron chi connectivity index (χ0n) is 20.4. The predicted octanol–water partition coefficient (Wildman–Crippen LogP) is 6.34. The molecule has 2 N–H and O–H groups in total. The van der Waals surface area contributed by atoms with Crippen molar-refractivity contribution in [3.63, 3.8) is 0 Å². The summed E-state index contributed by atoms with van der Waals surface area (Å²) in [6.45, 7) is 16.1. The molecule has 1 aromatic heterocycles. The number of carbonyl (C=O) groups is 2. The van der Waals surface area contributed by atoms with Gasteiger partial charge in [0, 0.05) is 19.0 Å². The average molecular weight is 508 g/mol. The van der Waals surface area contributed by atoms with Gasteiger partial charge in [0.25, 0.3) is 5.91 Å². The summed E-state index contributed by atoms with van der Waals surface area (Å²) in [5.41, 5.74) is 1.90. The fraction of sp³-hybridized carbons (Fsp3) is 0.560. The molecule has 2 heterocycles. The summed E-state index contributed by atoms with van der Waals surface area (Å²) in [5.74, 6) is 0.813. The zero-order valence-corrected chi connectivity index (χ0v) is 22.0. The lowest BCUT2D eigenvalue weighted by Crippen LogP contribution is -2.24. The van der Waals surface area contributed by atoms with Crippen LogP contribution in [-0.4, -0.2) is 46.4 Å². The molecule has 3 rings (SSSR count). The number of likely N-dealkylation sites (tertiary alicyclic amines) is 1. The van der Waals surface area contributed by atoms with E-state index in [-0.39, 0.29) is 11.7 Å². The van der Waals surface area contributed by atoms with Crippen LogP contribution in [0.2, 0.25) is 0 Å². The van der Waals surface area contributed by atoms with Crippen LogP contribution in [0.15, 0.2) is 28.7 Å². The summed E-state index contributed by atoms with van der Waals surface area (Å²) in [7, 11) is 0. The van der Waals surface area contributed by atoms with Crippen molar-refractivity contribution in [3.05, 3.63) is 45.6 Å². The second-order valence-electron chi connectivity index (χ2n) is 7.80. The molecule has 1 aliphatic rings. The van der Waals surface area contributed by atoms with Gasteiger partial charge in [0.15, 0.2) is 11.6 Å². The summed E-state index contributed by atoms with van der Waals surface area (Å²) in [5, 5.41) is 9.23. The Kier molecular flexibility index (Phi) is 13.1. The van der Waals surface area contributed by atoms with Crippen molar-refractivity contribution in [1.82, 2.24) is 15.1 Å². The number of H-pyrrole nitrogens is 1. The Balaban J connectivity index is 0.000000358. The van der Waals surface area contributed by atoms with Crippen LogP contribution in [0.5, 0.6) is 0 Å². The molecule has 178 valence electrons. The molecule has 7 heteroatoms. The summed E-state index contributed by atoms with van der Waals surface area (Å²) in [6.07, 6.45) is 4.95. The number of carbonyl (C=O) groups excluding carboxylic acids is 2. The maximum absolute atomic E-state index is 12.3. The highest BCUT2D eigenvalue weighted by Crippen LogP contribution is 2.25. The van der Waals surface area contributed by atoms with E-state index in [1.807, 2.05) is 39.0 Å². The highest BCUT2D eigenvalue weighted by atomic mass is 79.9. The van der Waals surface area contributed by atoms with E-state index in [0.717, 1.165) is 17.9 Å². The number of nitrogens with zero attached hydrogens (tertiary/aromatic N) is 2. The topological polar surface area (TPSA) is 78.1 Å². The molecule has 1 aliphatic heterocycles. The molecule has 0 bridgehead atoms. The van der Waals surface area contributed by atoms with Gasteiger partial charge < -0.3 is 10.2 Å². The fourth-order valence-electron chi connectivity index (χ4n) is 3.40. The van der Waals surface area contributed by atoms with Crippen molar-refractivity contribution in [2.45, 2.75) is 67.2 Å². The lowest BCUT2D eigenvalue weighted by atomic mass is 10.0. The molecule has 0 spiro atoms. The molecule has 1 fully saturated rings. The molecular weight excluding hydrogens is 468 g/mol. The third-order valence-electron chi connectivity index (χ3n) is 5.40. The molecule has 0 aliphatic carbocycles. The van der Waals surface area contributed by atoms with Gasteiger partial charge >= 0.3 is 0 Å². The minimum absolute atomic E-state index is 0.154. The molecule has 32 heavy (non-hydrogen) atoms. The zero-order chi connectivity index (χ0) is 24.1. The molecule has 6 nitrogen and oxygen atoms in total. The molecule has 1 amide bonds. The number of aryl methyl sites for hydroxylation is 1. The van der Waals surface area contributed by atoms with Gasteiger partial charge in [-0.1, -0.05) is 59.2 Å². The SMILES string of the molecule is CC.CCC(C)CN1CCCC1.CCc1ccccc1C(=O)Nc1n[nH]c(C(C)=O)c1Br. The number of halogens is 1. The Bertz CT molecular complexity index is 844. The Hall–Kier alpha value is -1.99. The van der Waals surface area contributed by atoms with E-state index in [1.165, 1.54) is 45.8 Å². The normalized spacial score (nSPS) is 14.0. The highest BCUT2D eigenvalue weighted by molar-refractivity contribution is 9.10. The minimum Gasteiger partial charge on any atom is -0.304 e. The molecule has 1 atom stereocenters. The largest absolute Gasteiger partial charge is 0.304 e. The number of aromatic amines is 1. The Morgan fingerprint density at radius 3 is 2.34 bits per heavy atom. The van der Waals surface area contributed by atoms with E-state index < -0.39 is 0 Å². The molecule has 1 aromatic carbocycles. The molecule has 0 radical (unpaired) electrons. The van der Waals surface area contributed by atoms with Crippen LogP contribution in [0.25, 0.3) is 0 Å². The van der Waals surface area contributed by atoms with Crippen LogP contribution in [0.3, 0.4) is 0 Å². The van der Waals surface area contributed by atoms with Gasteiger partial charge in [-0.05, 0) is 65.8 Å². The first-order valence-electron chi connectivity index (χ1n) is 11.7. The maximum atomic E-state index is 12.3. The van der Waals surface area contributed by atoms with Crippen LogP contribution < -0.4 is 5.32 Å². The minimum atomic E-state index is -0.246. The van der Waals surface area contributed by atoms with Gasteiger partial charge in [0.1, 0.15) is 5.69 Å². The number of ketones is 1. The highest BCUT2D eigenvalue weighted by Gasteiger charge is 2.17. The van der Waals surface area contributed by atoms with Gasteiger partial charge in [0.05, 0.1) is 4.47 Å². The van der Waals surface area contributed by atoms with E-state index in [2.05, 4.69) is 50.2 Å². The number of nitrogens with one attached hydrogen (secondary N) is 2. The standard InChI is InChI=1S/C14H14BrN3O2.C9H19N.C2H6/c1-3-9-6-4-5-7-10(9)14(20)16-13-11(15)12(8(2)19)17-18-13;1-3-9(2)8-10-6-4-5-7-10;1-2/h4-7H,3H2,1-2H3,(H2,16,17,18,20);9H,3-8H2,1-2H3;1-2H3. The van der Waals surface area contributed by atoms with Crippen LogP contribution in [0, 0.1) is 5.92 Å². The van der Waals surface area contributed by atoms with Gasteiger partial charge in [0.2, 0.25) is 0 Å². The first-order chi connectivity index (χ1) is 15.4. The second-order valence-corrected chi connectivity index (χ2v) is 8.60. The molecule has 1 saturated heterocycles. The Morgan fingerprint density at radius 2 is 1.81 bits per heavy atom. The average Bonchev–Trinajstić information content (AvgIpc) is 3.45. The third kappa shape index (κ3) is 8.51. The van der Waals surface area contributed by atoms with Crippen LogP contribution in [-0.2, 0) is 6.42 Å². The Labute approximate surface area is 201 Å². The third-order valence-corrected chi connectivity index (χ3v) is 6.17. The number of hydrogen-bond acceptors (Lipinski definition) is 4. The van der Waals surface area contributed by atoms with Gasteiger partial charge in [-0.25, -0.2) is 0 Å². The van der Waals surface area contributed by atoms with Crippen molar-refractivity contribution in [1.29, 1.82) is 0 Å². The van der Waals surface area contributed by atoms with Gasteiger partial charge in [-0.15, -0.1) is 0 Å². The van der Waals surface area contributed by atoms with Gasteiger partial charge in [-0.3, -0.25) is 14.7 Å². The van der Waals surface area contributed by atoms with Crippen LogP contribution in [0.1, 0.15) is 87.2 Å². The molecule has 2 aromatic rings. The van der Waals surface area contributed by atoms with Crippen molar-refractivity contribution in [3.8, 4) is 0 Å². The fourth-order valence-corrected chi connectivity index (χ4v) is 3.96. The second kappa shape index (κ2) is 15.0. The summed E-state index contributed by atoms with van der Waals surface area (Å²) >= 11 is 3.26.